The number of benzene rings is 2. The van der Waals surface area contributed by atoms with E-state index in [1.54, 1.807) is 12.1 Å². The van der Waals surface area contributed by atoms with Crippen molar-refractivity contribution in [3.05, 3.63) is 59.2 Å². The standard InChI is InChI=1S/C17H13N3O/c18-10-12-5-6-14(9-13(12)11-19)20-16-7-8-21-17-4-2-1-3-15(16)17/h1-6,9,16,20H,7-8H2. The first-order valence-electron chi connectivity index (χ1n) is 6.74. The van der Waals surface area contributed by atoms with E-state index < -0.39 is 0 Å². The van der Waals surface area contributed by atoms with Gasteiger partial charge in [-0.25, -0.2) is 0 Å². The Morgan fingerprint density at radius 2 is 1.86 bits per heavy atom. The van der Waals surface area contributed by atoms with Crippen LogP contribution >= 0.6 is 0 Å². The fraction of sp³-hybridized carbons (Fsp3) is 0.176. The summed E-state index contributed by atoms with van der Waals surface area (Å²) in [6.45, 7) is 0.663. The van der Waals surface area contributed by atoms with Gasteiger partial charge >= 0.3 is 0 Å². The highest BCUT2D eigenvalue weighted by Crippen LogP contribution is 2.34. The first-order valence-corrected chi connectivity index (χ1v) is 6.74. The van der Waals surface area contributed by atoms with Gasteiger partial charge in [0.05, 0.1) is 23.8 Å². The summed E-state index contributed by atoms with van der Waals surface area (Å²) in [6.07, 6.45) is 0.860. The van der Waals surface area contributed by atoms with Crippen LogP contribution in [0.1, 0.15) is 29.2 Å². The van der Waals surface area contributed by atoms with Gasteiger partial charge in [0.1, 0.15) is 17.9 Å². The molecule has 1 aliphatic rings. The molecule has 0 radical (unpaired) electrons. The van der Waals surface area contributed by atoms with Crippen molar-refractivity contribution >= 4 is 5.69 Å². The minimum atomic E-state index is 0.148. The summed E-state index contributed by atoms with van der Waals surface area (Å²) >= 11 is 0. The fourth-order valence-electron chi connectivity index (χ4n) is 2.52. The molecule has 4 nitrogen and oxygen atoms in total. The average Bonchev–Trinajstić information content (AvgIpc) is 2.55. The summed E-state index contributed by atoms with van der Waals surface area (Å²) in [5, 5.41) is 21.5. The topological polar surface area (TPSA) is 68.8 Å². The van der Waals surface area contributed by atoms with Crippen molar-refractivity contribution in [1.82, 2.24) is 0 Å². The van der Waals surface area contributed by atoms with E-state index in [0.717, 1.165) is 23.4 Å². The highest BCUT2D eigenvalue weighted by molar-refractivity contribution is 5.57. The van der Waals surface area contributed by atoms with Crippen LogP contribution in [0.5, 0.6) is 5.75 Å². The number of hydrogen-bond acceptors (Lipinski definition) is 4. The maximum atomic E-state index is 9.09. The summed E-state index contributed by atoms with van der Waals surface area (Å²) in [5.74, 6) is 0.899. The van der Waals surface area contributed by atoms with Gasteiger partial charge in [-0.1, -0.05) is 18.2 Å². The molecule has 1 unspecified atom stereocenters. The number of nitrogens with one attached hydrogen (secondary N) is 1. The molecule has 0 saturated heterocycles. The molecular formula is C17H13N3O. The number of nitriles is 2. The van der Waals surface area contributed by atoms with Crippen LogP contribution < -0.4 is 10.1 Å². The van der Waals surface area contributed by atoms with Crippen LogP contribution in [-0.2, 0) is 0 Å². The minimum absolute atomic E-state index is 0.148. The zero-order valence-corrected chi connectivity index (χ0v) is 11.3. The highest BCUT2D eigenvalue weighted by atomic mass is 16.5. The molecule has 0 saturated carbocycles. The molecule has 1 aliphatic heterocycles. The maximum absolute atomic E-state index is 9.09. The van der Waals surface area contributed by atoms with Gasteiger partial charge in [0, 0.05) is 17.7 Å². The number of rotatable bonds is 2. The van der Waals surface area contributed by atoms with Crippen LogP contribution in [0.15, 0.2) is 42.5 Å². The number of anilines is 1. The Morgan fingerprint density at radius 3 is 2.67 bits per heavy atom. The van der Waals surface area contributed by atoms with E-state index in [4.69, 9.17) is 15.3 Å². The molecule has 2 aromatic carbocycles. The van der Waals surface area contributed by atoms with Crippen LogP contribution in [0.4, 0.5) is 5.69 Å². The Labute approximate surface area is 123 Å². The van der Waals surface area contributed by atoms with E-state index in [9.17, 15) is 0 Å². The normalized spacial score (nSPS) is 16.0. The second-order valence-electron chi connectivity index (χ2n) is 4.86. The lowest BCUT2D eigenvalue weighted by Gasteiger charge is -2.27. The van der Waals surface area contributed by atoms with Crippen molar-refractivity contribution in [3.8, 4) is 17.9 Å². The third-order valence-corrected chi connectivity index (χ3v) is 3.56. The Balaban J connectivity index is 1.89. The molecule has 102 valence electrons. The zero-order valence-electron chi connectivity index (χ0n) is 11.3. The van der Waals surface area contributed by atoms with Gasteiger partial charge in [-0.15, -0.1) is 0 Å². The molecule has 0 bridgehead atoms. The third kappa shape index (κ3) is 2.52. The van der Waals surface area contributed by atoms with Crippen LogP contribution in [0, 0.1) is 22.7 Å². The van der Waals surface area contributed by atoms with Gasteiger partial charge in [0.2, 0.25) is 0 Å². The molecule has 1 N–H and O–H groups in total. The molecule has 2 aromatic rings. The molecule has 1 atom stereocenters. The van der Waals surface area contributed by atoms with Crippen molar-refractivity contribution < 1.29 is 4.74 Å². The second-order valence-corrected chi connectivity index (χ2v) is 4.86. The summed E-state index contributed by atoms with van der Waals surface area (Å²) in [5.41, 5.74) is 2.75. The molecule has 0 fully saturated rings. The molecule has 0 aliphatic carbocycles. The van der Waals surface area contributed by atoms with Crippen LogP contribution in [0.2, 0.25) is 0 Å². The average molecular weight is 275 g/mol. The predicted molar refractivity (Wildman–Crippen MR) is 78.8 cm³/mol. The molecule has 21 heavy (non-hydrogen) atoms. The second kappa shape index (κ2) is 5.56. The molecule has 4 heteroatoms. The fourth-order valence-corrected chi connectivity index (χ4v) is 2.52. The Bertz CT molecular complexity index is 755. The number of nitrogens with zero attached hydrogens (tertiary/aromatic N) is 2. The molecule has 3 rings (SSSR count). The lowest BCUT2D eigenvalue weighted by molar-refractivity contribution is 0.274. The Kier molecular flexibility index (Phi) is 3.45. The lowest BCUT2D eigenvalue weighted by Crippen LogP contribution is -2.20. The first kappa shape index (κ1) is 13.0. The van der Waals surface area contributed by atoms with Crippen molar-refractivity contribution in [1.29, 1.82) is 10.5 Å². The van der Waals surface area contributed by atoms with E-state index in [1.165, 1.54) is 0 Å². The van der Waals surface area contributed by atoms with Crippen LogP contribution in [0.3, 0.4) is 0 Å². The summed E-state index contributed by atoms with van der Waals surface area (Å²) in [4.78, 5) is 0. The van der Waals surface area contributed by atoms with Gasteiger partial charge in [-0.05, 0) is 24.3 Å². The number of ether oxygens (including phenoxy) is 1. The van der Waals surface area contributed by atoms with Crippen molar-refractivity contribution in [2.24, 2.45) is 0 Å². The van der Waals surface area contributed by atoms with Crippen molar-refractivity contribution in [2.45, 2.75) is 12.5 Å². The summed E-state index contributed by atoms with van der Waals surface area (Å²) in [6, 6.07) is 17.4. The third-order valence-electron chi connectivity index (χ3n) is 3.56. The quantitative estimate of drug-likeness (QED) is 0.912. The SMILES string of the molecule is N#Cc1ccc(NC2CCOc3ccccc32)cc1C#N. The monoisotopic (exact) mass is 275 g/mol. The van der Waals surface area contributed by atoms with E-state index >= 15 is 0 Å². The summed E-state index contributed by atoms with van der Waals surface area (Å²) in [7, 11) is 0. The molecular weight excluding hydrogens is 262 g/mol. The molecule has 0 spiro atoms. The van der Waals surface area contributed by atoms with Crippen molar-refractivity contribution in [2.75, 3.05) is 11.9 Å². The number of fused-ring (bicyclic) bond motifs is 1. The van der Waals surface area contributed by atoms with Gasteiger partial charge in [0.15, 0.2) is 0 Å². The van der Waals surface area contributed by atoms with Crippen molar-refractivity contribution in [3.63, 3.8) is 0 Å². The minimum Gasteiger partial charge on any atom is -0.493 e. The highest BCUT2D eigenvalue weighted by Gasteiger charge is 2.20. The van der Waals surface area contributed by atoms with E-state index in [-0.39, 0.29) is 6.04 Å². The predicted octanol–water partition coefficient (Wildman–Crippen LogP) is 3.37. The van der Waals surface area contributed by atoms with Crippen LogP contribution in [-0.4, -0.2) is 6.61 Å². The number of hydrogen-bond donors (Lipinski definition) is 1. The lowest BCUT2D eigenvalue weighted by atomic mass is 10.00. The van der Waals surface area contributed by atoms with E-state index in [2.05, 4.69) is 11.4 Å². The number of para-hydroxylation sites is 1. The Morgan fingerprint density at radius 1 is 1.05 bits per heavy atom. The van der Waals surface area contributed by atoms with Gasteiger partial charge in [-0.3, -0.25) is 0 Å². The van der Waals surface area contributed by atoms with E-state index in [1.807, 2.05) is 36.4 Å². The zero-order chi connectivity index (χ0) is 14.7. The van der Waals surface area contributed by atoms with Crippen LogP contribution in [0.25, 0.3) is 0 Å². The molecule has 0 aromatic heterocycles. The smallest absolute Gasteiger partial charge is 0.124 e. The first-order chi connectivity index (χ1) is 10.3. The largest absolute Gasteiger partial charge is 0.493 e. The van der Waals surface area contributed by atoms with E-state index in [0.29, 0.717) is 17.7 Å². The Hall–Kier alpha value is -2.98. The molecule has 1 heterocycles. The van der Waals surface area contributed by atoms with Gasteiger partial charge in [-0.2, -0.15) is 10.5 Å². The summed E-state index contributed by atoms with van der Waals surface area (Å²) < 4.78 is 5.64. The van der Waals surface area contributed by atoms with Gasteiger partial charge in [0.25, 0.3) is 0 Å². The molecule has 0 amide bonds. The van der Waals surface area contributed by atoms with Gasteiger partial charge < -0.3 is 10.1 Å². The maximum Gasteiger partial charge on any atom is 0.124 e.